The molecule has 0 aliphatic heterocycles. The van der Waals surface area contributed by atoms with E-state index in [1.54, 1.807) is 18.6 Å². The first-order chi connectivity index (χ1) is 14.7. The maximum absolute atomic E-state index is 10.0. The largest absolute Gasteiger partial charge is 0.374 e. The number of nitrogens with one attached hydrogen (secondary N) is 3. The van der Waals surface area contributed by atoms with E-state index in [2.05, 4.69) is 35.5 Å². The molecule has 1 atom stereocenters. The molecule has 1 unspecified atom stereocenters. The van der Waals surface area contributed by atoms with Gasteiger partial charge in [0.05, 0.1) is 28.3 Å². The van der Waals surface area contributed by atoms with Crippen LogP contribution in [-0.2, 0) is 0 Å². The lowest BCUT2D eigenvalue weighted by Crippen LogP contribution is -2.18. The van der Waals surface area contributed by atoms with Crippen LogP contribution >= 0.6 is 0 Å². The molecule has 0 saturated carbocycles. The maximum atomic E-state index is 10.0. The van der Waals surface area contributed by atoms with Gasteiger partial charge in [0.2, 0.25) is 0 Å². The van der Waals surface area contributed by atoms with Gasteiger partial charge in [0.1, 0.15) is 11.9 Å². The predicted octanol–water partition coefficient (Wildman–Crippen LogP) is 4.09. The van der Waals surface area contributed by atoms with Gasteiger partial charge in [-0.05, 0) is 30.7 Å². The molecule has 4 heterocycles. The van der Waals surface area contributed by atoms with Crippen molar-refractivity contribution in [1.29, 1.82) is 0 Å². The van der Waals surface area contributed by atoms with E-state index >= 15 is 0 Å². The Labute approximate surface area is 172 Å². The summed E-state index contributed by atoms with van der Waals surface area (Å²) in [6.07, 6.45) is 6.24. The summed E-state index contributed by atoms with van der Waals surface area (Å²) in [7, 11) is 0. The maximum Gasteiger partial charge on any atom is 0.159 e. The number of pyridine rings is 2. The number of aliphatic hydroxyl groups is 1. The predicted molar refractivity (Wildman–Crippen MR) is 117 cm³/mol. The number of para-hydroxylation sites is 2. The molecule has 0 bridgehead atoms. The molecule has 0 aliphatic carbocycles. The van der Waals surface area contributed by atoms with Crippen LogP contribution in [0.3, 0.4) is 0 Å². The number of nitrogens with zero attached hydrogens (tertiary/aromatic N) is 4. The van der Waals surface area contributed by atoms with Gasteiger partial charge < -0.3 is 15.4 Å². The number of H-pyrrole nitrogens is 2. The Kier molecular flexibility index (Phi) is 4.61. The number of hydrogen-bond donors (Lipinski definition) is 4. The Morgan fingerprint density at radius 2 is 1.97 bits per heavy atom. The molecule has 150 valence electrons. The van der Waals surface area contributed by atoms with Crippen molar-refractivity contribution in [2.24, 2.45) is 0 Å². The third kappa shape index (κ3) is 3.37. The zero-order chi connectivity index (χ0) is 20.5. The molecular weight excluding hydrogens is 378 g/mol. The van der Waals surface area contributed by atoms with Gasteiger partial charge >= 0.3 is 0 Å². The third-order valence-corrected chi connectivity index (χ3v) is 5.00. The van der Waals surface area contributed by atoms with Gasteiger partial charge in [-0.15, -0.1) is 0 Å². The van der Waals surface area contributed by atoms with Crippen molar-refractivity contribution in [1.82, 2.24) is 30.1 Å². The van der Waals surface area contributed by atoms with Crippen molar-refractivity contribution < 1.29 is 5.11 Å². The van der Waals surface area contributed by atoms with Crippen molar-refractivity contribution in [3.63, 3.8) is 0 Å². The van der Waals surface area contributed by atoms with E-state index in [9.17, 15) is 5.11 Å². The highest BCUT2D eigenvalue weighted by Gasteiger charge is 2.14. The SMILES string of the molecule is CCCC(O)Nc1cncc(-c2cnc3[nH]nc(-c4nc5ccccc5[nH]4)c3c2)c1. The first kappa shape index (κ1) is 18.3. The number of aromatic amines is 2. The Bertz CT molecular complexity index is 1290. The van der Waals surface area contributed by atoms with Gasteiger partial charge in [-0.25, -0.2) is 9.97 Å². The molecule has 30 heavy (non-hydrogen) atoms. The Hall–Kier alpha value is -3.78. The number of hydrogen-bond acceptors (Lipinski definition) is 6. The number of rotatable bonds is 6. The van der Waals surface area contributed by atoms with E-state index in [0.717, 1.165) is 45.3 Å². The van der Waals surface area contributed by atoms with Crippen LogP contribution in [0.5, 0.6) is 0 Å². The van der Waals surface area contributed by atoms with Crippen LogP contribution in [-0.4, -0.2) is 41.5 Å². The molecule has 0 amide bonds. The monoisotopic (exact) mass is 399 g/mol. The first-order valence-electron chi connectivity index (χ1n) is 9.90. The van der Waals surface area contributed by atoms with E-state index in [0.29, 0.717) is 17.9 Å². The number of aliphatic hydroxyl groups excluding tert-OH is 1. The van der Waals surface area contributed by atoms with Crippen LogP contribution in [0.2, 0.25) is 0 Å². The highest BCUT2D eigenvalue weighted by Crippen LogP contribution is 2.29. The highest BCUT2D eigenvalue weighted by molar-refractivity contribution is 5.93. The minimum absolute atomic E-state index is 0.596. The number of anilines is 1. The van der Waals surface area contributed by atoms with Crippen LogP contribution in [0.15, 0.2) is 55.0 Å². The fourth-order valence-corrected chi connectivity index (χ4v) is 3.52. The molecule has 5 aromatic rings. The fourth-order valence-electron chi connectivity index (χ4n) is 3.52. The zero-order valence-electron chi connectivity index (χ0n) is 16.4. The summed E-state index contributed by atoms with van der Waals surface area (Å²) in [6, 6.07) is 11.9. The zero-order valence-corrected chi connectivity index (χ0v) is 16.4. The number of fused-ring (bicyclic) bond motifs is 2. The van der Waals surface area contributed by atoms with E-state index in [4.69, 9.17) is 0 Å². The Morgan fingerprint density at radius 1 is 1.10 bits per heavy atom. The molecule has 0 aliphatic rings. The van der Waals surface area contributed by atoms with Crippen molar-refractivity contribution in [2.75, 3.05) is 5.32 Å². The second kappa shape index (κ2) is 7.57. The minimum atomic E-state index is -0.596. The number of benzene rings is 1. The molecule has 8 nitrogen and oxygen atoms in total. The minimum Gasteiger partial charge on any atom is -0.374 e. The number of aromatic nitrogens is 6. The summed E-state index contributed by atoms with van der Waals surface area (Å²) in [4.78, 5) is 16.8. The molecular formula is C22H21N7O. The summed E-state index contributed by atoms with van der Waals surface area (Å²) in [5, 5.41) is 21.4. The quantitative estimate of drug-likeness (QED) is 0.320. The lowest BCUT2D eigenvalue weighted by Gasteiger charge is -2.13. The fraction of sp³-hybridized carbons (Fsp3) is 0.182. The first-order valence-corrected chi connectivity index (χ1v) is 9.90. The standard InChI is InChI=1S/C22H21N7O/c1-2-5-19(30)25-15-8-13(10-23-12-15)14-9-16-20(28-29-21(16)24-11-14)22-26-17-6-3-4-7-18(17)27-22/h3-4,6-12,19,25,30H,2,5H2,1H3,(H,26,27)(H,24,28,29). The summed E-state index contributed by atoms with van der Waals surface area (Å²) >= 11 is 0. The lowest BCUT2D eigenvalue weighted by atomic mass is 10.1. The van der Waals surface area contributed by atoms with Gasteiger partial charge in [-0.1, -0.05) is 25.5 Å². The van der Waals surface area contributed by atoms with Crippen molar-refractivity contribution in [3.05, 3.63) is 55.0 Å². The normalized spacial score (nSPS) is 12.5. The van der Waals surface area contributed by atoms with Crippen molar-refractivity contribution in [2.45, 2.75) is 26.0 Å². The van der Waals surface area contributed by atoms with Crippen molar-refractivity contribution in [3.8, 4) is 22.6 Å². The molecule has 0 spiro atoms. The molecule has 1 aromatic carbocycles. The third-order valence-electron chi connectivity index (χ3n) is 5.00. The van der Waals surface area contributed by atoms with Crippen LogP contribution in [0.25, 0.3) is 44.7 Å². The van der Waals surface area contributed by atoms with Gasteiger partial charge in [0, 0.05) is 23.5 Å². The molecule has 5 rings (SSSR count). The summed E-state index contributed by atoms with van der Waals surface area (Å²) in [5.41, 5.74) is 5.82. The average Bonchev–Trinajstić information content (AvgIpc) is 3.37. The van der Waals surface area contributed by atoms with Gasteiger partial charge in [0.25, 0.3) is 0 Å². The van der Waals surface area contributed by atoms with Crippen LogP contribution in [0.4, 0.5) is 5.69 Å². The summed E-state index contributed by atoms with van der Waals surface area (Å²) < 4.78 is 0. The van der Waals surface area contributed by atoms with Crippen molar-refractivity contribution >= 4 is 27.8 Å². The molecule has 0 radical (unpaired) electrons. The van der Waals surface area contributed by atoms with Gasteiger partial charge in [0.15, 0.2) is 11.5 Å². The molecule has 8 heteroatoms. The Morgan fingerprint density at radius 3 is 2.83 bits per heavy atom. The van der Waals surface area contributed by atoms with Crippen LogP contribution in [0.1, 0.15) is 19.8 Å². The smallest absolute Gasteiger partial charge is 0.159 e. The second-order valence-corrected chi connectivity index (χ2v) is 7.21. The summed E-state index contributed by atoms with van der Waals surface area (Å²) in [6.45, 7) is 2.03. The van der Waals surface area contributed by atoms with E-state index < -0.39 is 6.23 Å². The van der Waals surface area contributed by atoms with Crippen LogP contribution < -0.4 is 5.32 Å². The van der Waals surface area contributed by atoms with E-state index in [-0.39, 0.29) is 0 Å². The second-order valence-electron chi connectivity index (χ2n) is 7.21. The Balaban J connectivity index is 1.53. The van der Waals surface area contributed by atoms with Gasteiger partial charge in [-0.3, -0.25) is 10.1 Å². The molecule has 0 fully saturated rings. The number of imidazole rings is 1. The highest BCUT2D eigenvalue weighted by atomic mass is 16.3. The topological polar surface area (TPSA) is 115 Å². The lowest BCUT2D eigenvalue weighted by molar-refractivity contribution is 0.192. The average molecular weight is 399 g/mol. The summed E-state index contributed by atoms with van der Waals surface area (Å²) in [5.74, 6) is 0.692. The van der Waals surface area contributed by atoms with Gasteiger partial charge in [-0.2, -0.15) is 5.10 Å². The van der Waals surface area contributed by atoms with E-state index in [1.165, 1.54) is 0 Å². The molecule has 0 saturated heterocycles. The van der Waals surface area contributed by atoms with Crippen LogP contribution in [0, 0.1) is 0 Å². The van der Waals surface area contributed by atoms with E-state index in [1.807, 2.05) is 43.3 Å². The molecule has 4 N–H and O–H groups in total. The molecule has 4 aromatic heterocycles.